The van der Waals surface area contributed by atoms with Gasteiger partial charge in [-0.1, -0.05) is 6.08 Å². The first-order valence-electron chi connectivity index (χ1n) is 3.68. The van der Waals surface area contributed by atoms with Crippen LogP contribution in [0.4, 0.5) is 0 Å². The predicted molar refractivity (Wildman–Crippen MR) is 44.6 cm³/mol. The Morgan fingerprint density at radius 1 is 1.64 bits per heavy atom. The van der Waals surface area contributed by atoms with Crippen molar-refractivity contribution in [1.82, 2.24) is 5.32 Å². The Kier molecular flexibility index (Phi) is 2.47. The van der Waals surface area contributed by atoms with Gasteiger partial charge in [-0.15, -0.1) is 0 Å². The summed E-state index contributed by atoms with van der Waals surface area (Å²) >= 11 is 0. The topological polar surface area (TPSA) is 29.1 Å². The Bertz CT molecular complexity index is 226. The number of hydrogen-bond acceptors (Lipinski definition) is 1. The van der Waals surface area contributed by atoms with Crippen molar-refractivity contribution in [1.29, 1.82) is 0 Å². The standard InChI is InChI=1S/C9H12NO/c1-7-5-3-4-6-9(7)10-8(2)11/h4-6H,3H2,1-2H3,(H,10,11). The van der Waals surface area contributed by atoms with Crippen LogP contribution in [0.5, 0.6) is 0 Å². The largest absolute Gasteiger partial charge is 0.326 e. The molecule has 0 saturated heterocycles. The molecule has 1 rings (SSSR count). The van der Waals surface area contributed by atoms with Gasteiger partial charge in [0.05, 0.1) is 0 Å². The molecule has 11 heavy (non-hydrogen) atoms. The van der Waals surface area contributed by atoms with Crippen molar-refractivity contribution >= 4 is 5.91 Å². The van der Waals surface area contributed by atoms with Gasteiger partial charge in [0.1, 0.15) is 0 Å². The van der Waals surface area contributed by atoms with E-state index in [2.05, 4.69) is 11.7 Å². The Labute approximate surface area is 67.0 Å². The molecule has 0 fully saturated rings. The van der Waals surface area contributed by atoms with E-state index in [1.54, 1.807) is 0 Å². The maximum Gasteiger partial charge on any atom is 0.221 e. The van der Waals surface area contributed by atoms with Gasteiger partial charge in [-0.3, -0.25) is 4.79 Å². The molecule has 0 spiro atoms. The number of allylic oxidation sites excluding steroid dienone is 3. The van der Waals surface area contributed by atoms with E-state index in [-0.39, 0.29) is 5.91 Å². The lowest BCUT2D eigenvalue weighted by molar-refractivity contribution is -0.118. The molecule has 0 atom stereocenters. The van der Waals surface area contributed by atoms with Crippen molar-refractivity contribution in [2.75, 3.05) is 0 Å². The summed E-state index contributed by atoms with van der Waals surface area (Å²) in [7, 11) is 0. The first kappa shape index (κ1) is 8.05. The summed E-state index contributed by atoms with van der Waals surface area (Å²) in [4.78, 5) is 10.7. The van der Waals surface area contributed by atoms with Crippen LogP contribution in [-0.4, -0.2) is 5.91 Å². The number of amides is 1. The van der Waals surface area contributed by atoms with Crippen molar-refractivity contribution in [3.05, 3.63) is 29.8 Å². The average molecular weight is 150 g/mol. The SMILES string of the molecule is CC(=O)NC1=C(C)[CH]CC=C1. The quantitative estimate of drug-likeness (QED) is 0.603. The number of carbonyl (C=O) groups excluding carboxylic acids is 1. The van der Waals surface area contributed by atoms with Gasteiger partial charge in [0, 0.05) is 12.6 Å². The zero-order valence-electron chi connectivity index (χ0n) is 6.85. The minimum Gasteiger partial charge on any atom is -0.326 e. The van der Waals surface area contributed by atoms with Gasteiger partial charge in [0.2, 0.25) is 5.91 Å². The molecule has 1 amide bonds. The molecule has 0 aromatic heterocycles. The molecule has 1 aliphatic carbocycles. The molecule has 0 aromatic rings. The van der Waals surface area contributed by atoms with Crippen molar-refractivity contribution in [3.63, 3.8) is 0 Å². The van der Waals surface area contributed by atoms with Crippen LogP contribution in [0.15, 0.2) is 23.4 Å². The fourth-order valence-corrected chi connectivity index (χ4v) is 1.00. The Morgan fingerprint density at radius 3 is 2.91 bits per heavy atom. The lowest BCUT2D eigenvalue weighted by Crippen LogP contribution is -2.20. The highest BCUT2D eigenvalue weighted by Crippen LogP contribution is 2.14. The van der Waals surface area contributed by atoms with Gasteiger partial charge >= 0.3 is 0 Å². The third kappa shape index (κ3) is 2.22. The monoisotopic (exact) mass is 150 g/mol. The van der Waals surface area contributed by atoms with E-state index in [4.69, 9.17) is 0 Å². The van der Waals surface area contributed by atoms with E-state index in [1.165, 1.54) is 6.92 Å². The lowest BCUT2D eigenvalue weighted by atomic mass is 10.0. The molecule has 0 saturated carbocycles. The predicted octanol–water partition coefficient (Wildman–Crippen LogP) is 1.56. The van der Waals surface area contributed by atoms with Gasteiger partial charge in [0.15, 0.2) is 0 Å². The van der Waals surface area contributed by atoms with Crippen LogP contribution in [0.1, 0.15) is 20.3 Å². The molecule has 2 heteroatoms. The molecule has 0 bridgehead atoms. The summed E-state index contributed by atoms with van der Waals surface area (Å²) in [6.45, 7) is 3.51. The summed E-state index contributed by atoms with van der Waals surface area (Å²) in [6.07, 6.45) is 7.02. The molecule has 0 heterocycles. The first-order valence-corrected chi connectivity index (χ1v) is 3.68. The Hall–Kier alpha value is -1.05. The highest BCUT2D eigenvalue weighted by Gasteiger charge is 2.04. The van der Waals surface area contributed by atoms with Crippen LogP contribution in [0, 0.1) is 6.42 Å². The Morgan fingerprint density at radius 2 is 2.36 bits per heavy atom. The second kappa shape index (κ2) is 3.37. The van der Waals surface area contributed by atoms with Gasteiger partial charge in [-0.05, 0) is 31.4 Å². The first-order chi connectivity index (χ1) is 5.20. The molecule has 1 aliphatic rings. The second-order valence-corrected chi connectivity index (χ2v) is 2.62. The minimum absolute atomic E-state index is 0.0145. The number of rotatable bonds is 1. The van der Waals surface area contributed by atoms with E-state index < -0.39 is 0 Å². The number of carbonyl (C=O) groups is 1. The van der Waals surface area contributed by atoms with Crippen LogP contribution in [-0.2, 0) is 4.79 Å². The third-order valence-corrected chi connectivity index (χ3v) is 1.58. The second-order valence-electron chi connectivity index (χ2n) is 2.62. The summed E-state index contributed by atoms with van der Waals surface area (Å²) in [5.41, 5.74) is 2.06. The molecule has 0 aliphatic heterocycles. The van der Waals surface area contributed by atoms with E-state index in [0.717, 1.165) is 17.7 Å². The molecular weight excluding hydrogens is 138 g/mol. The summed E-state index contributed by atoms with van der Waals surface area (Å²) in [5.74, 6) is -0.0145. The number of hydrogen-bond donors (Lipinski definition) is 1. The fourth-order valence-electron chi connectivity index (χ4n) is 1.00. The smallest absolute Gasteiger partial charge is 0.221 e. The van der Waals surface area contributed by atoms with Crippen LogP contribution in [0.25, 0.3) is 0 Å². The van der Waals surface area contributed by atoms with E-state index in [9.17, 15) is 4.79 Å². The molecular formula is C9H12NO. The van der Waals surface area contributed by atoms with Crippen molar-refractivity contribution in [2.24, 2.45) is 0 Å². The summed E-state index contributed by atoms with van der Waals surface area (Å²) < 4.78 is 0. The average Bonchev–Trinajstić information content (AvgIpc) is 1.93. The summed E-state index contributed by atoms with van der Waals surface area (Å²) in [6, 6.07) is 0. The van der Waals surface area contributed by atoms with Gasteiger partial charge in [-0.25, -0.2) is 0 Å². The van der Waals surface area contributed by atoms with Gasteiger partial charge in [0.25, 0.3) is 0 Å². The van der Waals surface area contributed by atoms with Crippen LogP contribution >= 0.6 is 0 Å². The van der Waals surface area contributed by atoms with Crippen molar-refractivity contribution in [3.8, 4) is 0 Å². The van der Waals surface area contributed by atoms with Crippen molar-refractivity contribution in [2.45, 2.75) is 20.3 Å². The third-order valence-electron chi connectivity index (χ3n) is 1.58. The molecule has 0 aromatic carbocycles. The van der Waals surface area contributed by atoms with Crippen LogP contribution < -0.4 is 5.32 Å². The maximum absolute atomic E-state index is 10.7. The molecule has 59 valence electrons. The van der Waals surface area contributed by atoms with Crippen LogP contribution in [0.3, 0.4) is 0 Å². The molecule has 1 N–H and O–H groups in total. The molecule has 2 nitrogen and oxygen atoms in total. The van der Waals surface area contributed by atoms with E-state index >= 15 is 0 Å². The van der Waals surface area contributed by atoms with Crippen LogP contribution in [0.2, 0.25) is 0 Å². The molecule has 1 radical (unpaired) electrons. The lowest BCUT2D eigenvalue weighted by Gasteiger charge is -2.11. The fraction of sp³-hybridized carbons (Fsp3) is 0.333. The molecule has 0 unspecified atom stereocenters. The number of nitrogens with one attached hydrogen (secondary N) is 1. The van der Waals surface area contributed by atoms with E-state index in [0.29, 0.717) is 0 Å². The minimum atomic E-state index is -0.0145. The summed E-state index contributed by atoms with van der Waals surface area (Å²) in [5, 5.41) is 2.75. The highest BCUT2D eigenvalue weighted by molar-refractivity contribution is 5.76. The maximum atomic E-state index is 10.7. The zero-order chi connectivity index (χ0) is 8.27. The highest BCUT2D eigenvalue weighted by atomic mass is 16.1. The van der Waals surface area contributed by atoms with Gasteiger partial charge < -0.3 is 5.32 Å². The zero-order valence-corrected chi connectivity index (χ0v) is 6.85. The Balaban J connectivity index is 2.68. The van der Waals surface area contributed by atoms with Crippen molar-refractivity contribution < 1.29 is 4.79 Å². The normalized spacial score (nSPS) is 16.9. The van der Waals surface area contributed by atoms with E-state index in [1.807, 2.05) is 19.1 Å². The van der Waals surface area contributed by atoms with Gasteiger partial charge in [-0.2, -0.15) is 0 Å².